The first-order valence-electron chi connectivity index (χ1n) is 8.89. The number of hydrogen-bond donors (Lipinski definition) is 2. The summed E-state index contributed by atoms with van der Waals surface area (Å²) >= 11 is 0. The molecule has 4 rings (SSSR count). The molecule has 146 valence electrons. The van der Waals surface area contributed by atoms with Crippen LogP contribution in [0.2, 0.25) is 0 Å². The van der Waals surface area contributed by atoms with Crippen LogP contribution in [-0.4, -0.2) is 44.4 Å². The highest BCUT2D eigenvalue weighted by molar-refractivity contribution is 7.87. The first-order valence-corrected chi connectivity index (χ1v) is 10.3. The lowest BCUT2D eigenvalue weighted by molar-refractivity contribution is 0.314. The van der Waals surface area contributed by atoms with E-state index in [4.69, 9.17) is 0 Å². The second kappa shape index (κ2) is 7.67. The summed E-state index contributed by atoms with van der Waals surface area (Å²) in [4.78, 5) is 0. The Kier molecular flexibility index (Phi) is 5.89. The molecular formula is C17H24ClF2N3O2S. The quantitative estimate of drug-likeness (QED) is 0.804. The number of nitrogens with zero attached hydrogens (tertiary/aromatic N) is 1. The largest absolute Gasteiger partial charge is 0.315 e. The molecule has 0 radical (unpaired) electrons. The van der Waals surface area contributed by atoms with Gasteiger partial charge in [0.15, 0.2) is 11.6 Å². The molecule has 2 saturated heterocycles. The Hall–Kier alpha value is -0.800. The lowest BCUT2D eigenvalue weighted by Gasteiger charge is -2.35. The molecule has 0 aromatic heterocycles. The summed E-state index contributed by atoms with van der Waals surface area (Å²) in [6, 6.07) is 3.58. The van der Waals surface area contributed by atoms with E-state index in [-0.39, 0.29) is 30.4 Å². The van der Waals surface area contributed by atoms with Gasteiger partial charge in [0, 0.05) is 31.1 Å². The predicted octanol–water partition coefficient (Wildman–Crippen LogP) is 2.15. The van der Waals surface area contributed by atoms with Gasteiger partial charge < -0.3 is 5.32 Å². The summed E-state index contributed by atoms with van der Waals surface area (Å²) in [5.74, 6) is -1.48. The predicted molar refractivity (Wildman–Crippen MR) is 97.5 cm³/mol. The highest BCUT2D eigenvalue weighted by atomic mass is 35.5. The standard InChI is InChI=1S/C17H23F2N3O2S.ClH/c18-15-4-2-12(8-16(15)19)14-5-6-20-9-17(14)21-25(23,24)22-10-11-1-3-13(22)7-11;/h2,4,8,11,13-14,17,20-21H,1,3,5-7,9-10H2;1H. The van der Waals surface area contributed by atoms with Crippen molar-refractivity contribution in [3.8, 4) is 0 Å². The van der Waals surface area contributed by atoms with Crippen LogP contribution in [0.5, 0.6) is 0 Å². The third-order valence-corrected chi connectivity index (χ3v) is 7.49. The van der Waals surface area contributed by atoms with Gasteiger partial charge in [0.1, 0.15) is 0 Å². The van der Waals surface area contributed by atoms with E-state index in [0.29, 0.717) is 31.0 Å². The summed E-state index contributed by atoms with van der Waals surface area (Å²) in [5, 5.41) is 3.19. The highest BCUT2D eigenvalue weighted by Crippen LogP contribution is 2.39. The van der Waals surface area contributed by atoms with Crippen molar-refractivity contribution in [3.05, 3.63) is 35.4 Å². The molecule has 0 amide bonds. The average molecular weight is 408 g/mol. The Morgan fingerprint density at radius 2 is 1.96 bits per heavy atom. The van der Waals surface area contributed by atoms with Gasteiger partial charge in [-0.25, -0.2) is 8.78 Å². The fraction of sp³-hybridized carbons (Fsp3) is 0.647. The van der Waals surface area contributed by atoms with Crippen molar-refractivity contribution in [2.75, 3.05) is 19.6 Å². The average Bonchev–Trinajstić information content (AvgIpc) is 3.21. The van der Waals surface area contributed by atoms with E-state index in [2.05, 4.69) is 10.0 Å². The molecule has 1 saturated carbocycles. The maximum absolute atomic E-state index is 13.6. The molecule has 0 spiro atoms. The molecule has 4 atom stereocenters. The molecule has 2 bridgehead atoms. The number of benzene rings is 1. The van der Waals surface area contributed by atoms with Gasteiger partial charge in [-0.3, -0.25) is 0 Å². The van der Waals surface area contributed by atoms with E-state index in [0.717, 1.165) is 31.9 Å². The van der Waals surface area contributed by atoms with Crippen molar-refractivity contribution >= 4 is 22.6 Å². The van der Waals surface area contributed by atoms with E-state index < -0.39 is 21.8 Å². The smallest absolute Gasteiger partial charge is 0.280 e. The summed E-state index contributed by atoms with van der Waals surface area (Å²) in [5.41, 5.74) is 0.635. The number of hydrogen-bond acceptors (Lipinski definition) is 3. The van der Waals surface area contributed by atoms with E-state index in [1.165, 1.54) is 6.07 Å². The third kappa shape index (κ3) is 3.75. The van der Waals surface area contributed by atoms with Gasteiger partial charge in [-0.1, -0.05) is 6.07 Å². The topological polar surface area (TPSA) is 61.4 Å². The molecule has 1 aromatic carbocycles. The number of nitrogens with one attached hydrogen (secondary N) is 2. The zero-order valence-electron chi connectivity index (χ0n) is 14.3. The summed E-state index contributed by atoms with van der Waals surface area (Å²) < 4.78 is 56.9. The third-order valence-electron chi connectivity index (χ3n) is 5.82. The number of halogens is 3. The van der Waals surface area contributed by atoms with Gasteiger partial charge in [-0.15, -0.1) is 12.4 Å². The van der Waals surface area contributed by atoms with Gasteiger partial charge in [0.25, 0.3) is 10.2 Å². The van der Waals surface area contributed by atoms with Crippen LogP contribution in [0.3, 0.4) is 0 Å². The second-order valence-corrected chi connectivity index (χ2v) is 9.06. The second-order valence-electron chi connectivity index (χ2n) is 7.40. The van der Waals surface area contributed by atoms with Crippen molar-refractivity contribution in [3.63, 3.8) is 0 Å². The molecular weight excluding hydrogens is 384 g/mol. The van der Waals surface area contributed by atoms with Gasteiger partial charge >= 0.3 is 0 Å². The Bertz CT molecular complexity index is 764. The number of piperidine rings is 2. The van der Waals surface area contributed by atoms with E-state index in [1.807, 2.05) is 0 Å². The number of rotatable bonds is 4. The van der Waals surface area contributed by atoms with Crippen molar-refractivity contribution < 1.29 is 17.2 Å². The fourth-order valence-corrected chi connectivity index (χ4v) is 6.31. The van der Waals surface area contributed by atoms with Crippen LogP contribution < -0.4 is 10.0 Å². The van der Waals surface area contributed by atoms with Crippen LogP contribution in [0.15, 0.2) is 18.2 Å². The molecule has 26 heavy (non-hydrogen) atoms. The Balaban J connectivity index is 0.00000196. The maximum Gasteiger partial charge on any atom is 0.280 e. The Morgan fingerprint density at radius 3 is 2.62 bits per heavy atom. The zero-order chi connectivity index (χ0) is 17.6. The molecule has 4 unspecified atom stereocenters. The van der Waals surface area contributed by atoms with E-state index in [1.54, 1.807) is 10.4 Å². The zero-order valence-corrected chi connectivity index (χ0v) is 16.0. The van der Waals surface area contributed by atoms with Crippen molar-refractivity contribution in [2.45, 2.75) is 43.7 Å². The van der Waals surface area contributed by atoms with Crippen LogP contribution in [0.1, 0.15) is 37.2 Å². The van der Waals surface area contributed by atoms with Crippen LogP contribution >= 0.6 is 12.4 Å². The Morgan fingerprint density at radius 1 is 1.15 bits per heavy atom. The molecule has 1 aromatic rings. The van der Waals surface area contributed by atoms with Gasteiger partial charge in [0.05, 0.1) is 0 Å². The van der Waals surface area contributed by atoms with Crippen LogP contribution in [-0.2, 0) is 10.2 Å². The molecule has 9 heteroatoms. The minimum Gasteiger partial charge on any atom is -0.315 e. The molecule has 1 aliphatic carbocycles. The lowest BCUT2D eigenvalue weighted by Crippen LogP contribution is -2.54. The summed E-state index contributed by atoms with van der Waals surface area (Å²) in [7, 11) is -3.57. The van der Waals surface area contributed by atoms with Gasteiger partial charge in [-0.2, -0.15) is 17.4 Å². The highest BCUT2D eigenvalue weighted by Gasteiger charge is 2.45. The lowest BCUT2D eigenvalue weighted by atomic mass is 9.86. The molecule has 5 nitrogen and oxygen atoms in total. The SMILES string of the molecule is Cl.O=S(=O)(NC1CNCCC1c1ccc(F)c(F)c1)N1CC2CCC1C2. The molecule has 2 N–H and O–H groups in total. The maximum atomic E-state index is 13.6. The molecule has 2 heterocycles. The van der Waals surface area contributed by atoms with Gasteiger partial charge in [-0.05, 0) is 55.8 Å². The minimum atomic E-state index is -3.57. The first-order chi connectivity index (χ1) is 11.9. The summed E-state index contributed by atoms with van der Waals surface area (Å²) in [6.45, 7) is 1.79. The van der Waals surface area contributed by atoms with Crippen LogP contribution in [0.4, 0.5) is 8.78 Å². The Labute approximate surface area is 159 Å². The van der Waals surface area contributed by atoms with E-state index >= 15 is 0 Å². The molecule has 3 aliphatic rings. The number of fused-ring (bicyclic) bond motifs is 2. The van der Waals surface area contributed by atoms with Crippen LogP contribution in [0, 0.1) is 17.6 Å². The van der Waals surface area contributed by atoms with Crippen molar-refractivity contribution in [2.24, 2.45) is 5.92 Å². The molecule has 2 aliphatic heterocycles. The van der Waals surface area contributed by atoms with Crippen molar-refractivity contribution in [1.29, 1.82) is 0 Å². The van der Waals surface area contributed by atoms with E-state index in [9.17, 15) is 17.2 Å². The van der Waals surface area contributed by atoms with Crippen molar-refractivity contribution in [1.82, 2.24) is 14.3 Å². The normalized spacial score (nSPS) is 31.8. The fourth-order valence-electron chi connectivity index (χ4n) is 4.56. The minimum absolute atomic E-state index is 0. The van der Waals surface area contributed by atoms with Crippen LogP contribution in [0.25, 0.3) is 0 Å². The molecule has 3 fully saturated rings. The monoisotopic (exact) mass is 407 g/mol. The first kappa shape index (κ1) is 19.9. The summed E-state index contributed by atoms with van der Waals surface area (Å²) in [6.07, 6.45) is 3.67. The van der Waals surface area contributed by atoms with Gasteiger partial charge in [0.2, 0.25) is 0 Å².